The monoisotopic (exact) mass is 275 g/mol. The van der Waals surface area contributed by atoms with E-state index in [-0.39, 0.29) is 0 Å². The van der Waals surface area contributed by atoms with Crippen LogP contribution in [0.1, 0.15) is 5.56 Å². The molecule has 1 aromatic heterocycles. The van der Waals surface area contributed by atoms with Crippen molar-refractivity contribution in [3.05, 3.63) is 66.5 Å². The van der Waals surface area contributed by atoms with Crippen LogP contribution in [0.3, 0.4) is 0 Å². The van der Waals surface area contributed by atoms with Crippen LogP contribution >= 0.6 is 0 Å². The molecule has 0 aliphatic carbocycles. The molecule has 0 aliphatic heterocycles. The van der Waals surface area contributed by atoms with Gasteiger partial charge < -0.3 is 4.74 Å². The van der Waals surface area contributed by atoms with Gasteiger partial charge in [0, 0.05) is 11.8 Å². The van der Waals surface area contributed by atoms with Gasteiger partial charge in [-0.25, -0.2) is 4.68 Å². The molecule has 0 saturated heterocycles. The lowest BCUT2D eigenvalue weighted by molar-refractivity contribution is 0.415. The largest absolute Gasteiger partial charge is 0.497 e. The van der Waals surface area contributed by atoms with Crippen molar-refractivity contribution >= 4 is 0 Å². The van der Waals surface area contributed by atoms with E-state index in [0.29, 0.717) is 5.56 Å². The highest BCUT2D eigenvalue weighted by Gasteiger charge is 2.04. The van der Waals surface area contributed by atoms with Crippen LogP contribution in [0.2, 0.25) is 0 Å². The second-order valence-corrected chi connectivity index (χ2v) is 4.56. The van der Waals surface area contributed by atoms with Crippen LogP contribution in [0.5, 0.6) is 5.75 Å². The van der Waals surface area contributed by atoms with Crippen molar-refractivity contribution in [3.8, 4) is 28.6 Å². The van der Waals surface area contributed by atoms with Crippen LogP contribution in [-0.4, -0.2) is 16.9 Å². The molecular weight excluding hydrogens is 262 g/mol. The summed E-state index contributed by atoms with van der Waals surface area (Å²) in [5.41, 5.74) is 3.67. The van der Waals surface area contributed by atoms with Gasteiger partial charge in [-0.3, -0.25) is 0 Å². The summed E-state index contributed by atoms with van der Waals surface area (Å²) in [4.78, 5) is 0. The van der Waals surface area contributed by atoms with Crippen LogP contribution in [0.25, 0.3) is 16.8 Å². The fourth-order valence-electron chi connectivity index (χ4n) is 2.09. The van der Waals surface area contributed by atoms with Gasteiger partial charge in [-0.15, -0.1) is 0 Å². The van der Waals surface area contributed by atoms with Crippen LogP contribution in [0.4, 0.5) is 0 Å². The van der Waals surface area contributed by atoms with Crippen molar-refractivity contribution in [1.29, 1.82) is 5.26 Å². The summed E-state index contributed by atoms with van der Waals surface area (Å²) in [6.45, 7) is 0. The normalized spacial score (nSPS) is 10.1. The van der Waals surface area contributed by atoms with Crippen LogP contribution in [0.15, 0.2) is 60.9 Å². The molecule has 1 heterocycles. The summed E-state index contributed by atoms with van der Waals surface area (Å²) < 4.78 is 6.95. The first-order valence-electron chi connectivity index (χ1n) is 6.50. The second-order valence-electron chi connectivity index (χ2n) is 4.56. The number of nitriles is 1. The maximum Gasteiger partial charge on any atom is 0.118 e. The molecule has 102 valence electrons. The molecule has 0 atom stereocenters. The quantitative estimate of drug-likeness (QED) is 0.736. The Balaban J connectivity index is 1.89. The molecule has 0 spiro atoms. The van der Waals surface area contributed by atoms with Gasteiger partial charge in [-0.1, -0.05) is 12.1 Å². The third kappa shape index (κ3) is 2.63. The predicted octanol–water partition coefficient (Wildman–Crippen LogP) is 3.42. The molecule has 0 unspecified atom stereocenters. The Morgan fingerprint density at radius 2 is 1.71 bits per heavy atom. The average Bonchev–Trinajstić information content (AvgIpc) is 3.05. The number of rotatable bonds is 3. The van der Waals surface area contributed by atoms with Crippen molar-refractivity contribution in [2.75, 3.05) is 7.11 Å². The molecule has 4 heteroatoms. The van der Waals surface area contributed by atoms with Gasteiger partial charge in [-0.05, 0) is 42.0 Å². The lowest BCUT2D eigenvalue weighted by atomic mass is 10.1. The van der Waals surface area contributed by atoms with Crippen molar-refractivity contribution in [1.82, 2.24) is 9.78 Å². The van der Waals surface area contributed by atoms with E-state index in [1.54, 1.807) is 23.9 Å². The Hall–Kier alpha value is -3.06. The first-order valence-corrected chi connectivity index (χ1v) is 6.50. The van der Waals surface area contributed by atoms with E-state index in [0.717, 1.165) is 22.6 Å². The number of ether oxygens (including phenoxy) is 1. The highest BCUT2D eigenvalue weighted by atomic mass is 16.5. The predicted molar refractivity (Wildman–Crippen MR) is 80.3 cm³/mol. The van der Waals surface area contributed by atoms with E-state index in [2.05, 4.69) is 11.2 Å². The highest BCUT2D eigenvalue weighted by molar-refractivity contribution is 5.63. The number of hydrogen-bond acceptors (Lipinski definition) is 3. The van der Waals surface area contributed by atoms with Gasteiger partial charge >= 0.3 is 0 Å². The van der Waals surface area contributed by atoms with Crippen molar-refractivity contribution in [2.45, 2.75) is 0 Å². The highest BCUT2D eigenvalue weighted by Crippen LogP contribution is 2.22. The SMILES string of the molecule is COc1ccc(-c2cnn(-c3ccc(C#N)cc3)c2)cc1. The Kier molecular flexibility index (Phi) is 3.40. The van der Waals surface area contributed by atoms with Crippen LogP contribution < -0.4 is 4.74 Å². The summed E-state index contributed by atoms with van der Waals surface area (Å²) in [6.07, 6.45) is 3.78. The standard InChI is InChI=1S/C17H13N3O/c1-21-17-8-4-14(5-9-17)15-11-19-20(12-15)16-6-2-13(10-18)3-7-16/h2-9,11-12H,1H3. The van der Waals surface area contributed by atoms with E-state index >= 15 is 0 Å². The number of aromatic nitrogens is 2. The van der Waals surface area contributed by atoms with E-state index in [9.17, 15) is 0 Å². The molecule has 0 bridgehead atoms. The first-order chi connectivity index (χ1) is 10.3. The van der Waals surface area contributed by atoms with E-state index in [4.69, 9.17) is 10.00 Å². The van der Waals surface area contributed by atoms with Gasteiger partial charge in [0.15, 0.2) is 0 Å². The van der Waals surface area contributed by atoms with Gasteiger partial charge in [0.1, 0.15) is 5.75 Å². The lowest BCUT2D eigenvalue weighted by Gasteiger charge is -2.02. The summed E-state index contributed by atoms with van der Waals surface area (Å²) in [5.74, 6) is 0.832. The van der Waals surface area contributed by atoms with Gasteiger partial charge in [0.2, 0.25) is 0 Å². The lowest BCUT2D eigenvalue weighted by Crippen LogP contribution is -1.93. The fourth-order valence-corrected chi connectivity index (χ4v) is 2.09. The van der Waals surface area contributed by atoms with E-state index in [1.807, 2.05) is 48.8 Å². The first kappa shape index (κ1) is 12.9. The topological polar surface area (TPSA) is 50.8 Å². The minimum atomic E-state index is 0.640. The van der Waals surface area contributed by atoms with E-state index < -0.39 is 0 Å². The average molecular weight is 275 g/mol. The zero-order chi connectivity index (χ0) is 14.7. The van der Waals surface area contributed by atoms with E-state index in [1.165, 1.54) is 0 Å². The Morgan fingerprint density at radius 3 is 2.33 bits per heavy atom. The minimum absolute atomic E-state index is 0.640. The maximum atomic E-state index is 8.81. The number of methoxy groups -OCH3 is 1. The second kappa shape index (κ2) is 5.51. The zero-order valence-electron chi connectivity index (χ0n) is 11.5. The van der Waals surface area contributed by atoms with Crippen molar-refractivity contribution in [2.24, 2.45) is 0 Å². The molecular formula is C17H13N3O. The smallest absolute Gasteiger partial charge is 0.118 e. The molecule has 4 nitrogen and oxygen atoms in total. The Bertz CT molecular complexity index is 780. The minimum Gasteiger partial charge on any atom is -0.497 e. The zero-order valence-corrected chi connectivity index (χ0v) is 11.5. The molecule has 0 aliphatic rings. The van der Waals surface area contributed by atoms with Gasteiger partial charge in [-0.2, -0.15) is 10.4 Å². The number of nitrogens with zero attached hydrogens (tertiary/aromatic N) is 3. The molecule has 0 saturated carbocycles. The maximum absolute atomic E-state index is 8.81. The molecule has 21 heavy (non-hydrogen) atoms. The number of benzene rings is 2. The fraction of sp³-hybridized carbons (Fsp3) is 0.0588. The van der Waals surface area contributed by atoms with Crippen LogP contribution in [-0.2, 0) is 0 Å². The van der Waals surface area contributed by atoms with Gasteiger partial charge in [0.05, 0.1) is 30.6 Å². The van der Waals surface area contributed by atoms with Gasteiger partial charge in [0.25, 0.3) is 0 Å². The van der Waals surface area contributed by atoms with Crippen molar-refractivity contribution in [3.63, 3.8) is 0 Å². The van der Waals surface area contributed by atoms with Crippen LogP contribution in [0, 0.1) is 11.3 Å². The molecule has 3 rings (SSSR count). The molecule has 0 amide bonds. The Labute approximate surface area is 122 Å². The summed E-state index contributed by atoms with van der Waals surface area (Å²) in [7, 11) is 1.65. The molecule has 3 aromatic rings. The summed E-state index contributed by atoms with van der Waals surface area (Å²) >= 11 is 0. The molecule has 0 radical (unpaired) electrons. The Morgan fingerprint density at radius 1 is 1.00 bits per heavy atom. The third-order valence-electron chi connectivity index (χ3n) is 3.27. The summed E-state index contributed by atoms with van der Waals surface area (Å²) in [6, 6.07) is 17.3. The summed E-state index contributed by atoms with van der Waals surface area (Å²) in [5, 5.41) is 13.2. The number of hydrogen-bond donors (Lipinski definition) is 0. The molecule has 0 N–H and O–H groups in total. The van der Waals surface area contributed by atoms with Crippen molar-refractivity contribution < 1.29 is 4.74 Å². The molecule has 0 fully saturated rings. The molecule has 2 aromatic carbocycles. The third-order valence-corrected chi connectivity index (χ3v) is 3.27.